The third-order valence-electron chi connectivity index (χ3n) is 4.49. The molecule has 2 heteroatoms. The molecule has 0 amide bonds. The first-order valence-corrected chi connectivity index (χ1v) is 8.82. The first-order chi connectivity index (χ1) is 10.7. The van der Waals surface area contributed by atoms with E-state index in [4.69, 9.17) is 4.74 Å². The zero-order chi connectivity index (χ0) is 16.2. The molecule has 0 radical (unpaired) electrons. The molecule has 1 aliphatic rings. The fraction of sp³-hybridized carbons (Fsp3) is 0.650. The summed E-state index contributed by atoms with van der Waals surface area (Å²) in [5.74, 6) is 0.0581. The number of hydrogen-bond acceptors (Lipinski definition) is 2. The van der Waals surface area contributed by atoms with Gasteiger partial charge in [0.15, 0.2) is 0 Å². The summed E-state index contributed by atoms with van der Waals surface area (Å²) in [4.78, 5) is 11.7. The largest absolute Gasteiger partial charge is 0.458 e. The highest BCUT2D eigenvalue weighted by molar-refractivity contribution is 5.90. The normalized spacial score (nSPS) is 20.9. The number of hydrogen-bond donors (Lipinski definition) is 0. The summed E-state index contributed by atoms with van der Waals surface area (Å²) in [6, 6.07) is 0. The zero-order valence-electron chi connectivity index (χ0n) is 14.0. The van der Waals surface area contributed by atoms with E-state index in [-0.39, 0.29) is 18.0 Å². The lowest BCUT2D eigenvalue weighted by Crippen LogP contribution is -2.16. The molecule has 0 aromatic rings. The van der Waals surface area contributed by atoms with E-state index in [1.54, 1.807) is 0 Å². The van der Waals surface area contributed by atoms with Gasteiger partial charge in [-0.3, -0.25) is 0 Å². The van der Waals surface area contributed by atoms with Gasteiger partial charge in [0.2, 0.25) is 0 Å². The van der Waals surface area contributed by atoms with Crippen LogP contribution in [0, 0.1) is 5.92 Å². The Balaban J connectivity index is 2.23. The van der Waals surface area contributed by atoms with E-state index in [0.717, 1.165) is 44.9 Å². The Hall–Kier alpha value is -1.31. The van der Waals surface area contributed by atoms with Crippen LogP contribution < -0.4 is 0 Å². The van der Waals surface area contributed by atoms with Gasteiger partial charge in [-0.2, -0.15) is 0 Å². The molecule has 1 rings (SSSR count). The number of cyclic esters (lactones) is 1. The molecule has 0 N–H and O–H groups in total. The van der Waals surface area contributed by atoms with Crippen molar-refractivity contribution in [3.05, 3.63) is 37.5 Å². The van der Waals surface area contributed by atoms with E-state index < -0.39 is 0 Å². The number of rotatable bonds is 13. The number of carbonyl (C=O) groups excluding carboxylic acids is 1. The van der Waals surface area contributed by atoms with Crippen LogP contribution in [-0.4, -0.2) is 12.1 Å². The summed E-state index contributed by atoms with van der Waals surface area (Å²) in [6.45, 7) is 11.4. The summed E-state index contributed by atoms with van der Waals surface area (Å²) in [7, 11) is 0. The molecule has 0 aromatic carbocycles. The maximum Gasteiger partial charge on any atom is 0.334 e. The summed E-state index contributed by atoms with van der Waals surface area (Å²) in [6.07, 6.45) is 16.6. The average molecular weight is 304 g/mol. The predicted molar refractivity (Wildman–Crippen MR) is 93.7 cm³/mol. The van der Waals surface area contributed by atoms with Gasteiger partial charge in [-0.25, -0.2) is 4.79 Å². The molecule has 0 spiro atoms. The number of allylic oxidation sites excluding steroid dienone is 2. The lowest BCUT2D eigenvalue weighted by molar-refractivity contribution is -0.139. The van der Waals surface area contributed by atoms with Gasteiger partial charge in [0.05, 0.1) is 0 Å². The molecule has 0 bridgehead atoms. The van der Waals surface area contributed by atoms with Crippen molar-refractivity contribution < 1.29 is 9.53 Å². The van der Waals surface area contributed by atoms with Gasteiger partial charge in [-0.15, -0.1) is 13.2 Å². The molecule has 1 saturated heterocycles. The average Bonchev–Trinajstić information content (AvgIpc) is 2.78. The van der Waals surface area contributed by atoms with Crippen molar-refractivity contribution in [1.29, 1.82) is 0 Å². The molecule has 1 aliphatic heterocycles. The second kappa shape index (κ2) is 11.3. The van der Waals surface area contributed by atoms with E-state index >= 15 is 0 Å². The first kappa shape index (κ1) is 18.7. The maximum atomic E-state index is 11.7. The van der Waals surface area contributed by atoms with Gasteiger partial charge in [0, 0.05) is 11.5 Å². The van der Waals surface area contributed by atoms with Gasteiger partial charge >= 0.3 is 5.97 Å². The monoisotopic (exact) mass is 304 g/mol. The van der Waals surface area contributed by atoms with E-state index in [0.29, 0.717) is 5.57 Å². The van der Waals surface area contributed by atoms with Gasteiger partial charge in [-0.05, 0) is 44.9 Å². The van der Waals surface area contributed by atoms with Crippen LogP contribution in [0.4, 0.5) is 0 Å². The molecular weight excluding hydrogens is 272 g/mol. The Morgan fingerprint density at radius 3 is 2.09 bits per heavy atom. The Morgan fingerprint density at radius 1 is 0.864 bits per heavy atom. The standard InChI is InChI=1S/C20H32O2/c1-4-6-8-10-11-12-14-16-19-18(15-13-9-7-5-2)17(3)20(21)22-19/h4-5,18-19H,1-3,6-16H2/t18-,19+/m0/s1. The molecule has 0 unspecified atom stereocenters. The topological polar surface area (TPSA) is 26.3 Å². The van der Waals surface area contributed by atoms with Crippen LogP contribution in [0.3, 0.4) is 0 Å². The molecule has 2 nitrogen and oxygen atoms in total. The van der Waals surface area contributed by atoms with Gasteiger partial charge in [0.25, 0.3) is 0 Å². The van der Waals surface area contributed by atoms with Crippen LogP contribution in [0.1, 0.15) is 70.6 Å². The Morgan fingerprint density at radius 2 is 1.41 bits per heavy atom. The Labute approximate surface area is 136 Å². The fourth-order valence-corrected chi connectivity index (χ4v) is 3.11. The third-order valence-corrected chi connectivity index (χ3v) is 4.49. The number of ether oxygens (including phenoxy) is 1. The molecular formula is C20H32O2. The lowest BCUT2D eigenvalue weighted by Gasteiger charge is -2.17. The van der Waals surface area contributed by atoms with Crippen molar-refractivity contribution >= 4 is 5.97 Å². The summed E-state index contributed by atoms with van der Waals surface area (Å²) in [5, 5.41) is 0. The Kier molecular flexibility index (Phi) is 9.61. The van der Waals surface area contributed by atoms with Gasteiger partial charge in [-0.1, -0.05) is 44.4 Å². The predicted octanol–water partition coefficient (Wildman–Crippen LogP) is 5.75. The van der Waals surface area contributed by atoms with E-state index in [1.165, 1.54) is 25.7 Å². The maximum absolute atomic E-state index is 11.7. The van der Waals surface area contributed by atoms with Crippen LogP contribution >= 0.6 is 0 Å². The third kappa shape index (κ3) is 6.64. The minimum Gasteiger partial charge on any atom is -0.458 e. The fourth-order valence-electron chi connectivity index (χ4n) is 3.11. The molecule has 1 heterocycles. The summed E-state index contributed by atoms with van der Waals surface area (Å²) < 4.78 is 5.52. The number of carbonyl (C=O) groups is 1. The SMILES string of the molecule is C=CCCCCCCC[C@H]1OC(=O)C(=C)[C@@H]1CCCCC=C. The first-order valence-electron chi connectivity index (χ1n) is 8.82. The molecule has 22 heavy (non-hydrogen) atoms. The molecule has 0 aliphatic carbocycles. The summed E-state index contributed by atoms with van der Waals surface area (Å²) >= 11 is 0. The van der Waals surface area contributed by atoms with Crippen LogP contribution in [0.2, 0.25) is 0 Å². The molecule has 1 fully saturated rings. The van der Waals surface area contributed by atoms with Gasteiger partial charge < -0.3 is 4.74 Å². The number of unbranched alkanes of at least 4 members (excludes halogenated alkanes) is 7. The highest BCUT2D eigenvalue weighted by atomic mass is 16.6. The lowest BCUT2D eigenvalue weighted by atomic mass is 9.88. The number of esters is 1. The molecule has 0 saturated carbocycles. The molecule has 0 aromatic heterocycles. The van der Waals surface area contributed by atoms with Crippen LogP contribution in [0.25, 0.3) is 0 Å². The zero-order valence-corrected chi connectivity index (χ0v) is 14.0. The van der Waals surface area contributed by atoms with E-state index in [2.05, 4.69) is 19.7 Å². The van der Waals surface area contributed by atoms with Gasteiger partial charge in [0.1, 0.15) is 6.10 Å². The molecule has 2 atom stereocenters. The van der Waals surface area contributed by atoms with E-state index in [9.17, 15) is 4.79 Å². The van der Waals surface area contributed by atoms with Crippen LogP contribution in [-0.2, 0) is 9.53 Å². The van der Waals surface area contributed by atoms with Crippen molar-refractivity contribution in [3.8, 4) is 0 Å². The van der Waals surface area contributed by atoms with E-state index in [1.807, 2.05) is 12.2 Å². The summed E-state index contributed by atoms with van der Waals surface area (Å²) in [5.41, 5.74) is 0.689. The second-order valence-electron chi connectivity index (χ2n) is 6.28. The quantitative estimate of drug-likeness (QED) is 0.187. The molecule has 124 valence electrons. The van der Waals surface area contributed by atoms with Crippen LogP contribution in [0.15, 0.2) is 37.5 Å². The van der Waals surface area contributed by atoms with Crippen molar-refractivity contribution in [2.45, 2.75) is 76.7 Å². The van der Waals surface area contributed by atoms with Crippen LogP contribution in [0.5, 0.6) is 0 Å². The smallest absolute Gasteiger partial charge is 0.334 e. The van der Waals surface area contributed by atoms with Crippen molar-refractivity contribution in [3.63, 3.8) is 0 Å². The highest BCUT2D eigenvalue weighted by Crippen LogP contribution is 2.34. The van der Waals surface area contributed by atoms with Crippen molar-refractivity contribution in [2.75, 3.05) is 0 Å². The van der Waals surface area contributed by atoms with Crippen molar-refractivity contribution in [2.24, 2.45) is 5.92 Å². The minimum absolute atomic E-state index is 0.0666. The Bertz CT molecular complexity index is 370. The highest BCUT2D eigenvalue weighted by Gasteiger charge is 2.37. The minimum atomic E-state index is -0.176. The van der Waals surface area contributed by atoms with Crippen molar-refractivity contribution in [1.82, 2.24) is 0 Å². The second-order valence-corrected chi connectivity index (χ2v) is 6.28.